The van der Waals surface area contributed by atoms with E-state index in [4.69, 9.17) is 0 Å². The van der Waals surface area contributed by atoms with Crippen molar-refractivity contribution in [1.29, 1.82) is 0 Å². The highest BCUT2D eigenvalue weighted by Crippen LogP contribution is 2.34. The molecule has 7 heteroatoms. The smallest absolute Gasteiger partial charge is 0.271 e. The number of carbonyl (C=O) groups excluding carboxylic acids is 2. The number of hydrogen-bond donors (Lipinski definition) is 1. The molecule has 3 aromatic rings. The number of hydrogen-bond acceptors (Lipinski definition) is 3. The van der Waals surface area contributed by atoms with Gasteiger partial charge in [-0.25, -0.2) is 4.39 Å². The van der Waals surface area contributed by atoms with Crippen LogP contribution in [0, 0.1) is 24.6 Å². The van der Waals surface area contributed by atoms with Crippen molar-refractivity contribution in [2.45, 2.75) is 51.1 Å². The van der Waals surface area contributed by atoms with Crippen molar-refractivity contribution in [3.63, 3.8) is 0 Å². The Balaban J connectivity index is 1.05. The molecular weight excluding hydrogens is 467 g/mol. The van der Waals surface area contributed by atoms with Gasteiger partial charge in [-0.2, -0.15) is 0 Å². The van der Waals surface area contributed by atoms with Crippen LogP contribution < -0.4 is 4.90 Å². The summed E-state index contributed by atoms with van der Waals surface area (Å²) in [4.78, 5) is 35.2. The van der Waals surface area contributed by atoms with E-state index in [0.29, 0.717) is 12.2 Å². The maximum absolute atomic E-state index is 13.6. The van der Waals surface area contributed by atoms with Crippen LogP contribution in [0.15, 0.2) is 42.5 Å². The summed E-state index contributed by atoms with van der Waals surface area (Å²) >= 11 is 0. The summed E-state index contributed by atoms with van der Waals surface area (Å²) in [5.74, 6) is 6.49. The van der Waals surface area contributed by atoms with E-state index >= 15 is 0 Å². The second-order valence-corrected chi connectivity index (χ2v) is 10.5. The molecule has 0 spiro atoms. The van der Waals surface area contributed by atoms with E-state index in [2.05, 4.69) is 33.9 Å². The molecule has 0 radical (unpaired) electrons. The van der Waals surface area contributed by atoms with E-state index in [1.54, 1.807) is 6.07 Å². The van der Waals surface area contributed by atoms with E-state index < -0.39 is 0 Å². The van der Waals surface area contributed by atoms with Crippen molar-refractivity contribution in [3.05, 3.63) is 65.1 Å². The number of rotatable bonds is 3. The monoisotopic (exact) mass is 498 g/mol. The van der Waals surface area contributed by atoms with Gasteiger partial charge in [0.2, 0.25) is 5.91 Å². The molecule has 2 amide bonds. The molecule has 2 fully saturated rings. The van der Waals surface area contributed by atoms with Gasteiger partial charge in [0.05, 0.1) is 19.0 Å². The molecule has 2 saturated heterocycles. The van der Waals surface area contributed by atoms with Crippen molar-refractivity contribution in [2.75, 3.05) is 31.1 Å². The predicted molar refractivity (Wildman–Crippen MR) is 142 cm³/mol. The highest BCUT2D eigenvalue weighted by Gasteiger charge is 2.35. The van der Waals surface area contributed by atoms with E-state index in [1.165, 1.54) is 12.1 Å². The average Bonchev–Trinajstić information content (AvgIpc) is 3.60. The topological polar surface area (TPSA) is 59.7 Å². The first kappa shape index (κ1) is 23.7. The Morgan fingerprint density at radius 3 is 2.76 bits per heavy atom. The van der Waals surface area contributed by atoms with Crippen molar-refractivity contribution in [3.8, 4) is 11.8 Å². The van der Waals surface area contributed by atoms with Gasteiger partial charge in [0, 0.05) is 42.3 Å². The van der Waals surface area contributed by atoms with Crippen LogP contribution in [0.5, 0.6) is 0 Å². The number of halogens is 1. The van der Waals surface area contributed by atoms with Crippen LogP contribution in [0.25, 0.3) is 10.9 Å². The summed E-state index contributed by atoms with van der Waals surface area (Å²) in [5.41, 5.74) is 4.42. The number of likely N-dealkylation sites (tertiary alicyclic amines) is 2. The molecule has 0 bridgehead atoms. The van der Waals surface area contributed by atoms with E-state index in [1.807, 2.05) is 28.9 Å². The maximum atomic E-state index is 13.6. The van der Waals surface area contributed by atoms with Gasteiger partial charge < -0.3 is 14.8 Å². The van der Waals surface area contributed by atoms with Gasteiger partial charge in [-0.05, 0) is 74.1 Å². The molecule has 1 N–H and O–H groups in total. The van der Waals surface area contributed by atoms with Gasteiger partial charge in [0.25, 0.3) is 5.91 Å². The highest BCUT2D eigenvalue weighted by atomic mass is 19.1. The fourth-order valence-corrected chi connectivity index (χ4v) is 6.00. The van der Waals surface area contributed by atoms with Gasteiger partial charge in [0.15, 0.2) is 0 Å². The lowest BCUT2D eigenvalue weighted by atomic mass is 10.0. The number of H-pyrrole nitrogens is 1. The fourth-order valence-electron chi connectivity index (χ4n) is 6.00. The normalized spacial score (nSPS) is 20.4. The predicted octanol–water partition coefficient (Wildman–Crippen LogP) is 4.28. The largest absolute Gasteiger partial charge is 0.351 e. The van der Waals surface area contributed by atoms with Crippen LogP contribution in [0.4, 0.5) is 10.1 Å². The summed E-state index contributed by atoms with van der Waals surface area (Å²) < 4.78 is 13.6. The molecule has 0 saturated carbocycles. The Kier molecular flexibility index (Phi) is 6.21. The number of fused-ring (bicyclic) bond motifs is 2. The first-order valence-corrected chi connectivity index (χ1v) is 13.2. The number of aromatic amines is 1. The minimum absolute atomic E-state index is 0.0157. The minimum Gasteiger partial charge on any atom is -0.351 e. The molecule has 1 atom stereocenters. The molecule has 0 aliphatic carbocycles. The van der Waals surface area contributed by atoms with Crippen molar-refractivity contribution in [2.24, 2.45) is 0 Å². The molecule has 6 nitrogen and oxygen atoms in total. The Morgan fingerprint density at radius 2 is 1.92 bits per heavy atom. The summed E-state index contributed by atoms with van der Waals surface area (Å²) in [6.45, 7) is 5.16. The fraction of sp³-hybridized carbons (Fsp3) is 0.400. The number of anilines is 1. The summed E-state index contributed by atoms with van der Waals surface area (Å²) in [5, 5.41) is 1.05. The number of aryl methyl sites for hydroxylation is 1. The molecule has 4 heterocycles. The van der Waals surface area contributed by atoms with Gasteiger partial charge in [-0.15, -0.1) is 0 Å². The van der Waals surface area contributed by atoms with Crippen molar-refractivity contribution >= 4 is 28.4 Å². The highest BCUT2D eigenvalue weighted by molar-refractivity contribution is 6.02. The number of carbonyl (C=O) groups is 2. The van der Waals surface area contributed by atoms with Gasteiger partial charge >= 0.3 is 0 Å². The lowest BCUT2D eigenvalue weighted by Crippen LogP contribution is -2.46. The molecule has 37 heavy (non-hydrogen) atoms. The van der Waals surface area contributed by atoms with Gasteiger partial charge in [-0.1, -0.05) is 24.0 Å². The Bertz CT molecular complexity index is 1430. The maximum Gasteiger partial charge on any atom is 0.271 e. The molecule has 6 rings (SSSR count). The zero-order valence-electron chi connectivity index (χ0n) is 21.1. The van der Waals surface area contributed by atoms with Crippen LogP contribution in [0.1, 0.15) is 47.3 Å². The molecule has 3 aliphatic heterocycles. The third-order valence-corrected chi connectivity index (χ3v) is 7.93. The average molecular weight is 499 g/mol. The number of benzene rings is 2. The van der Waals surface area contributed by atoms with E-state index in [-0.39, 0.29) is 36.1 Å². The molecule has 2 aromatic carbocycles. The number of nitrogens with zero attached hydrogens (tertiary/aromatic N) is 3. The quantitative estimate of drug-likeness (QED) is 0.549. The minimum atomic E-state index is -0.291. The summed E-state index contributed by atoms with van der Waals surface area (Å²) in [6, 6.07) is 12.8. The van der Waals surface area contributed by atoms with Crippen LogP contribution >= 0.6 is 0 Å². The molecular formula is C30H31FN4O2. The SMILES string of the molecule is Cc1ccc2cc(C(=O)N3CCCC3C#CCN3CCC(N4C(=O)Cc5cc(F)ccc54)CC3)[nH]c2c1. The van der Waals surface area contributed by atoms with Crippen molar-refractivity contribution in [1.82, 2.24) is 14.8 Å². The summed E-state index contributed by atoms with van der Waals surface area (Å²) in [6.07, 6.45) is 3.89. The van der Waals surface area contributed by atoms with E-state index in [0.717, 1.165) is 73.0 Å². The first-order chi connectivity index (χ1) is 18.0. The van der Waals surface area contributed by atoms with Crippen LogP contribution in [0.3, 0.4) is 0 Å². The second kappa shape index (κ2) is 9.68. The van der Waals surface area contributed by atoms with Gasteiger partial charge in [0.1, 0.15) is 11.5 Å². The Morgan fingerprint density at radius 1 is 1.08 bits per heavy atom. The van der Waals surface area contributed by atoms with Crippen molar-refractivity contribution < 1.29 is 14.0 Å². The first-order valence-electron chi connectivity index (χ1n) is 13.2. The van der Waals surface area contributed by atoms with Crippen LogP contribution in [0.2, 0.25) is 0 Å². The van der Waals surface area contributed by atoms with Gasteiger partial charge in [-0.3, -0.25) is 14.5 Å². The molecule has 3 aliphatic rings. The Hall–Kier alpha value is -3.63. The standard InChI is InChI=1S/C30H31FN4O2/c1-20-6-7-21-18-27(32-26(21)16-20)30(37)34-13-3-5-24(34)4-2-12-33-14-10-25(11-15-33)35-28-9-8-23(31)17-22(28)19-29(35)36/h6-9,16-18,24-25,32H,3,5,10-15,19H2,1H3. The third kappa shape index (κ3) is 4.62. The zero-order valence-corrected chi connectivity index (χ0v) is 21.1. The Labute approximate surface area is 216 Å². The molecule has 1 aromatic heterocycles. The number of nitrogens with one attached hydrogen (secondary N) is 1. The third-order valence-electron chi connectivity index (χ3n) is 7.93. The summed E-state index contributed by atoms with van der Waals surface area (Å²) in [7, 11) is 0. The van der Waals surface area contributed by atoms with Crippen LogP contribution in [-0.2, 0) is 11.2 Å². The zero-order chi connectivity index (χ0) is 25.5. The van der Waals surface area contributed by atoms with Crippen LogP contribution in [-0.4, -0.2) is 64.9 Å². The molecule has 190 valence electrons. The number of aromatic nitrogens is 1. The second-order valence-electron chi connectivity index (χ2n) is 10.5. The van der Waals surface area contributed by atoms with E-state index in [9.17, 15) is 14.0 Å². The lowest BCUT2D eigenvalue weighted by Gasteiger charge is -2.36. The number of amides is 2. The lowest BCUT2D eigenvalue weighted by molar-refractivity contribution is -0.118. The molecule has 1 unspecified atom stereocenters. The number of piperidine rings is 1.